The smallest absolute Gasteiger partial charge is 0.208 e. The van der Waals surface area contributed by atoms with Crippen LogP contribution in [0.25, 0.3) is 10.8 Å². The van der Waals surface area contributed by atoms with Crippen LogP contribution in [-0.4, -0.2) is 14.5 Å². The topological polar surface area (TPSA) is 46.2 Å². The number of sulfonamides is 1. The summed E-state index contributed by atoms with van der Waals surface area (Å²) in [5.41, 5.74) is 0. The number of hydrogen-bond acceptors (Lipinski definition) is 2. The summed E-state index contributed by atoms with van der Waals surface area (Å²) in [5.74, 6) is 0. The molecule has 1 N–H and O–H groups in total. The van der Waals surface area contributed by atoms with Gasteiger partial charge in [-0.15, -0.1) is 0 Å². The van der Waals surface area contributed by atoms with Crippen molar-refractivity contribution < 1.29 is 8.42 Å². The van der Waals surface area contributed by atoms with E-state index in [0.29, 0.717) is 4.90 Å². The molecule has 3 rings (SSSR count). The summed E-state index contributed by atoms with van der Waals surface area (Å²) in [6.45, 7) is 0. The summed E-state index contributed by atoms with van der Waals surface area (Å²) in [6, 6.07) is 13.1. The van der Waals surface area contributed by atoms with Gasteiger partial charge in [-0.05, 0) is 24.3 Å². The lowest BCUT2D eigenvalue weighted by Gasteiger charge is -2.14. The predicted octanol–water partition coefficient (Wildman–Crippen LogP) is 3.06. The number of rotatable bonds is 3. The SMILES string of the molecule is O=S(=O)(NC1CCCC1)c1cccc2ccccc12. The van der Waals surface area contributed by atoms with Crippen molar-refractivity contribution in [2.75, 3.05) is 0 Å². The molecule has 0 saturated heterocycles. The summed E-state index contributed by atoms with van der Waals surface area (Å²) >= 11 is 0. The third kappa shape index (κ3) is 2.51. The molecule has 4 heteroatoms. The molecule has 0 bridgehead atoms. The largest absolute Gasteiger partial charge is 0.241 e. The zero-order chi connectivity index (χ0) is 13.3. The lowest BCUT2D eigenvalue weighted by atomic mass is 10.1. The molecule has 1 aliphatic rings. The maximum absolute atomic E-state index is 12.5. The van der Waals surface area contributed by atoms with E-state index in [4.69, 9.17) is 0 Å². The maximum atomic E-state index is 12.5. The van der Waals surface area contributed by atoms with Crippen molar-refractivity contribution >= 4 is 20.8 Å². The van der Waals surface area contributed by atoms with Crippen molar-refractivity contribution in [2.24, 2.45) is 0 Å². The highest BCUT2D eigenvalue weighted by molar-refractivity contribution is 7.89. The molecule has 19 heavy (non-hydrogen) atoms. The van der Waals surface area contributed by atoms with Crippen LogP contribution in [0.2, 0.25) is 0 Å². The van der Waals surface area contributed by atoms with E-state index in [-0.39, 0.29) is 6.04 Å². The van der Waals surface area contributed by atoms with Gasteiger partial charge in [0.05, 0.1) is 4.90 Å². The quantitative estimate of drug-likeness (QED) is 0.935. The zero-order valence-electron chi connectivity index (χ0n) is 10.7. The second kappa shape index (κ2) is 4.94. The molecule has 0 radical (unpaired) electrons. The molecule has 0 amide bonds. The number of benzene rings is 2. The third-order valence-corrected chi connectivity index (χ3v) is 5.29. The van der Waals surface area contributed by atoms with Gasteiger partial charge in [-0.2, -0.15) is 0 Å². The Balaban J connectivity index is 2.02. The van der Waals surface area contributed by atoms with E-state index in [2.05, 4.69) is 4.72 Å². The molecule has 3 nitrogen and oxygen atoms in total. The molecular formula is C15H17NO2S. The fourth-order valence-electron chi connectivity index (χ4n) is 2.76. The minimum Gasteiger partial charge on any atom is -0.208 e. The highest BCUT2D eigenvalue weighted by Gasteiger charge is 2.23. The Hall–Kier alpha value is -1.39. The Morgan fingerprint density at radius 3 is 2.42 bits per heavy atom. The van der Waals surface area contributed by atoms with Gasteiger partial charge >= 0.3 is 0 Å². The summed E-state index contributed by atoms with van der Waals surface area (Å²) < 4.78 is 27.8. The molecule has 0 aliphatic heterocycles. The van der Waals surface area contributed by atoms with E-state index in [1.165, 1.54) is 0 Å². The van der Waals surface area contributed by atoms with Crippen LogP contribution in [0.15, 0.2) is 47.4 Å². The molecular weight excluding hydrogens is 258 g/mol. The average molecular weight is 275 g/mol. The zero-order valence-corrected chi connectivity index (χ0v) is 11.5. The molecule has 0 aromatic heterocycles. The first kappa shape index (κ1) is 12.6. The molecule has 0 heterocycles. The normalized spacial score (nSPS) is 17.1. The fourth-order valence-corrected chi connectivity index (χ4v) is 4.29. The highest BCUT2D eigenvalue weighted by Crippen LogP contribution is 2.25. The Labute approximate surface area is 113 Å². The molecule has 2 aromatic rings. The van der Waals surface area contributed by atoms with Gasteiger partial charge in [0.1, 0.15) is 0 Å². The fraction of sp³-hybridized carbons (Fsp3) is 0.333. The lowest BCUT2D eigenvalue weighted by Crippen LogP contribution is -2.32. The van der Waals surface area contributed by atoms with Gasteiger partial charge < -0.3 is 0 Å². The number of fused-ring (bicyclic) bond motifs is 1. The van der Waals surface area contributed by atoms with Crippen LogP contribution in [0.4, 0.5) is 0 Å². The first-order chi connectivity index (χ1) is 9.17. The van der Waals surface area contributed by atoms with Crippen molar-refractivity contribution in [3.8, 4) is 0 Å². The summed E-state index contributed by atoms with van der Waals surface area (Å²) in [7, 11) is -3.42. The lowest BCUT2D eigenvalue weighted by molar-refractivity contribution is 0.553. The molecule has 1 aliphatic carbocycles. The maximum Gasteiger partial charge on any atom is 0.241 e. The van der Waals surface area contributed by atoms with Crippen LogP contribution >= 0.6 is 0 Å². The molecule has 100 valence electrons. The van der Waals surface area contributed by atoms with Gasteiger partial charge in [0.25, 0.3) is 0 Å². The standard InChI is InChI=1S/C15H17NO2S/c17-19(18,16-13-8-2-3-9-13)15-11-5-7-12-6-1-4-10-14(12)15/h1,4-7,10-11,13,16H,2-3,8-9H2. The van der Waals surface area contributed by atoms with Crippen molar-refractivity contribution in [1.82, 2.24) is 4.72 Å². The van der Waals surface area contributed by atoms with E-state index in [1.807, 2.05) is 30.3 Å². The van der Waals surface area contributed by atoms with Crippen LogP contribution in [-0.2, 0) is 10.0 Å². The molecule has 0 unspecified atom stereocenters. The van der Waals surface area contributed by atoms with Gasteiger partial charge in [0, 0.05) is 11.4 Å². The first-order valence-corrected chi connectivity index (χ1v) is 8.15. The Bertz CT molecular complexity index is 683. The summed E-state index contributed by atoms with van der Waals surface area (Å²) in [4.78, 5) is 0.387. The highest BCUT2D eigenvalue weighted by atomic mass is 32.2. The van der Waals surface area contributed by atoms with Crippen LogP contribution in [0.1, 0.15) is 25.7 Å². The van der Waals surface area contributed by atoms with Crippen LogP contribution < -0.4 is 4.72 Å². The van der Waals surface area contributed by atoms with Crippen LogP contribution in [0, 0.1) is 0 Å². The minimum absolute atomic E-state index is 0.101. The van der Waals surface area contributed by atoms with Gasteiger partial charge in [0.2, 0.25) is 10.0 Å². The van der Waals surface area contributed by atoms with Gasteiger partial charge in [-0.25, -0.2) is 13.1 Å². The van der Waals surface area contributed by atoms with Gasteiger partial charge in [0.15, 0.2) is 0 Å². The Morgan fingerprint density at radius 1 is 0.947 bits per heavy atom. The van der Waals surface area contributed by atoms with Crippen molar-refractivity contribution in [1.29, 1.82) is 0 Å². The molecule has 0 spiro atoms. The van der Waals surface area contributed by atoms with E-state index in [1.54, 1.807) is 12.1 Å². The minimum atomic E-state index is -3.42. The van der Waals surface area contributed by atoms with Crippen LogP contribution in [0.3, 0.4) is 0 Å². The van der Waals surface area contributed by atoms with Crippen molar-refractivity contribution in [3.63, 3.8) is 0 Å². The summed E-state index contributed by atoms with van der Waals surface area (Å²) in [6.07, 6.45) is 4.12. The van der Waals surface area contributed by atoms with E-state index in [9.17, 15) is 8.42 Å². The molecule has 0 atom stereocenters. The van der Waals surface area contributed by atoms with E-state index in [0.717, 1.165) is 36.5 Å². The monoisotopic (exact) mass is 275 g/mol. The molecule has 1 saturated carbocycles. The van der Waals surface area contributed by atoms with Gasteiger partial charge in [-0.1, -0.05) is 49.2 Å². The average Bonchev–Trinajstić information content (AvgIpc) is 2.90. The Morgan fingerprint density at radius 2 is 1.63 bits per heavy atom. The predicted molar refractivity (Wildman–Crippen MR) is 76.5 cm³/mol. The second-order valence-corrected chi connectivity index (χ2v) is 6.76. The molecule has 1 fully saturated rings. The van der Waals surface area contributed by atoms with E-state index >= 15 is 0 Å². The summed E-state index contributed by atoms with van der Waals surface area (Å²) in [5, 5.41) is 1.74. The third-order valence-electron chi connectivity index (χ3n) is 3.72. The Kier molecular flexibility index (Phi) is 3.29. The number of nitrogens with one attached hydrogen (secondary N) is 1. The second-order valence-electron chi connectivity index (χ2n) is 5.08. The van der Waals surface area contributed by atoms with E-state index < -0.39 is 10.0 Å². The van der Waals surface area contributed by atoms with Crippen molar-refractivity contribution in [3.05, 3.63) is 42.5 Å². The van der Waals surface area contributed by atoms with Crippen LogP contribution in [0.5, 0.6) is 0 Å². The van der Waals surface area contributed by atoms with Crippen molar-refractivity contribution in [2.45, 2.75) is 36.6 Å². The van der Waals surface area contributed by atoms with Gasteiger partial charge in [-0.3, -0.25) is 0 Å². The first-order valence-electron chi connectivity index (χ1n) is 6.67. The molecule has 2 aromatic carbocycles. The number of hydrogen-bond donors (Lipinski definition) is 1.